The van der Waals surface area contributed by atoms with Gasteiger partial charge in [-0.1, -0.05) is 0 Å². The van der Waals surface area contributed by atoms with E-state index in [2.05, 4.69) is 10.3 Å². The van der Waals surface area contributed by atoms with Gasteiger partial charge in [-0.05, 0) is 44.0 Å². The minimum absolute atomic E-state index is 0.166. The van der Waals surface area contributed by atoms with Crippen LogP contribution in [0.15, 0.2) is 23.2 Å². The number of nitrogens with one attached hydrogen (secondary N) is 1. The normalized spacial score (nSPS) is 17.6. The Kier molecular flexibility index (Phi) is 4.19. The van der Waals surface area contributed by atoms with Crippen LogP contribution in [0.5, 0.6) is 5.88 Å². The van der Waals surface area contributed by atoms with Crippen molar-refractivity contribution in [3.05, 3.63) is 18.3 Å². The minimum atomic E-state index is -3.29. The lowest BCUT2D eigenvalue weighted by Gasteiger charge is -2.22. The van der Waals surface area contributed by atoms with Gasteiger partial charge in [-0.15, -0.1) is 0 Å². The van der Waals surface area contributed by atoms with Crippen LogP contribution < -0.4 is 10.1 Å². The minimum Gasteiger partial charge on any atom is -0.476 e. The molecule has 0 unspecified atom stereocenters. The molecule has 0 aliphatic carbocycles. The molecule has 1 saturated heterocycles. The zero-order valence-corrected chi connectivity index (χ0v) is 11.2. The van der Waals surface area contributed by atoms with Crippen molar-refractivity contribution in [2.45, 2.75) is 17.7 Å². The van der Waals surface area contributed by atoms with Gasteiger partial charge in [-0.3, -0.25) is 0 Å². The average Bonchev–Trinajstić information content (AvgIpc) is 2.37. The molecule has 6 heteroatoms. The summed E-state index contributed by atoms with van der Waals surface area (Å²) >= 11 is 0. The Hall–Kier alpha value is -1.14. The van der Waals surface area contributed by atoms with E-state index in [1.54, 1.807) is 12.3 Å². The maximum absolute atomic E-state index is 11.6. The van der Waals surface area contributed by atoms with Crippen molar-refractivity contribution in [1.29, 1.82) is 0 Å². The Morgan fingerprint density at radius 2 is 2.17 bits per heavy atom. The molecule has 1 N–H and O–H groups in total. The van der Waals surface area contributed by atoms with Crippen LogP contribution in [0.25, 0.3) is 0 Å². The SMILES string of the molecule is CS(=O)(=O)c1cccnc1OCC1CCNCC1. The Labute approximate surface area is 107 Å². The predicted octanol–water partition coefficient (Wildman–Crippen LogP) is 0.863. The summed E-state index contributed by atoms with van der Waals surface area (Å²) in [6, 6.07) is 3.13. The maximum atomic E-state index is 11.6. The van der Waals surface area contributed by atoms with Gasteiger partial charge in [0.25, 0.3) is 0 Å². The quantitative estimate of drug-likeness (QED) is 0.879. The zero-order chi connectivity index (χ0) is 13.0. The lowest BCUT2D eigenvalue weighted by molar-refractivity contribution is 0.204. The van der Waals surface area contributed by atoms with Crippen molar-refractivity contribution < 1.29 is 13.2 Å². The number of rotatable bonds is 4. The molecule has 1 aromatic rings. The fraction of sp³-hybridized carbons (Fsp3) is 0.583. The summed E-state index contributed by atoms with van der Waals surface area (Å²) in [6.45, 7) is 2.52. The topological polar surface area (TPSA) is 68.3 Å². The summed E-state index contributed by atoms with van der Waals surface area (Å²) in [7, 11) is -3.29. The van der Waals surface area contributed by atoms with Crippen molar-refractivity contribution >= 4 is 9.84 Å². The molecule has 0 aromatic carbocycles. The van der Waals surface area contributed by atoms with Gasteiger partial charge in [0.05, 0.1) is 6.61 Å². The highest BCUT2D eigenvalue weighted by atomic mass is 32.2. The van der Waals surface area contributed by atoms with E-state index in [0.717, 1.165) is 25.9 Å². The highest BCUT2D eigenvalue weighted by molar-refractivity contribution is 7.90. The van der Waals surface area contributed by atoms with Crippen LogP contribution in [0.3, 0.4) is 0 Å². The number of sulfone groups is 1. The van der Waals surface area contributed by atoms with Crippen LogP contribution in [0.4, 0.5) is 0 Å². The molecule has 2 heterocycles. The summed E-state index contributed by atoms with van der Waals surface area (Å²) in [5.41, 5.74) is 0. The van der Waals surface area contributed by atoms with Crippen LogP contribution in [0.2, 0.25) is 0 Å². The first-order valence-corrected chi connectivity index (χ1v) is 7.95. The second-order valence-electron chi connectivity index (χ2n) is 4.58. The van der Waals surface area contributed by atoms with Crippen LogP contribution in [-0.2, 0) is 9.84 Å². The van der Waals surface area contributed by atoms with Gasteiger partial charge in [-0.25, -0.2) is 13.4 Å². The zero-order valence-electron chi connectivity index (χ0n) is 10.4. The molecule has 1 fully saturated rings. The van der Waals surface area contributed by atoms with Gasteiger partial charge in [0.1, 0.15) is 4.90 Å². The van der Waals surface area contributed by atoms with Crippen LogP contribution >= 0.6 is 0 Å². The number of ether oxygens (including phenoxy) is 1. The lowest BCUT2D eigenvalue weighted by Crippen LogP contribution is -2.30. The second-order valence-corrected chi connectivity index (χ2v) is 6.57. The Bertz CT molecular complexity index is 496. The first kappa shape index (κ1) is 13.3. The third-order valence-electron chi connectivity index (χ3n) is 3.05. The Balaban J connectivity index is 2.05. The number of piperidine rings is 1. The van der Waals surface area contributed by atoms with E-state index in [1.165, 1.54) is 12.3 Å². The van der Waals surface area contributed by atoms with E-state index in [0.29, 0.717) is 12.5 Å². The van der Waals surface area contributed by atoms with E-state index in [4.69, 9.17) is 4.74 Å². The van der Waals surface area contributed by atoms with Gasteiger partial charge >= 0.3 is 0 Å². The number of hydrogen-bond acceptors (Lipinski definition) is 5. The summed E-state index contributed by atoms with van der Waals surface area (Å²) in [4.78, 5) is 4.18. The molecule has 5 nitrogen and oxygen atoms in total. The molecule has 0 saturated carbocycles. The highest BCUT2D eigenvalue weighted by Crippen LogP contribution is 2.22. The van der Waals surface area contributed by atoms with Crippen molar-refractivity contribution in [3.8, 4) is 5.88 Å². The highest BCUT2D eigenvalue weighted by Gasteiger charge is 2.18. The molecule has 0 radical (unpaired) electrons. The third-order valence-corrected chi connectivity index (χ3v) is 4.16. The molecular formula is C12H18N2O3S. The Morgan fingerprint density at radius 3 is 2.83 bits per heavy atom. The number of pyridine rings is 1. The molecular weight excluding hydrogens is 252 g/mol. The third kappa shape index (κ3) is 3.43. The van der Waals surface area contributed by atoms with E-state index in [1.807, 2.05) is 0 Å². The van der Waals surface area contributed by atoms with E-state index in [9.17, 15) is 8.42 Å². The average molecular weight is 270 g/mol. The van der Waals surface area contributed by atoms with Gasteiger partial charge in [-0.2, -0.15) is 0 Å². The molecule has 0 spiro atoms. The molecule has 1 aliphatic heterocycles. The molecule has 0 amide bonds. The summed E-state index contributed by atoms with van der Waals surface area (Å²) in [5.74, 6) is 0.694. The summed E-state index contributed by atoms with van der Waals surface area (Å²) in [6.07, 6.45) is 4.83. The number of nitrogens with zero attached hydrogens (tertiary/aromatic N) is 1. The first-order chi connectivity index (χ1) is 8.57. The fourth-order valence-corrected chi connectivity index (χ4v) is 2.77. The van der Waals surface area contributed by atoms with Crippen LogP contribution in [0, 0.1) is 5.92 Å². The molecule has 18 heavy (non-hydrogen) atoms. The standard InChI is InChI=1S/C12H18N2O3S/c1-18(15,16)11-3-2-6-14-12(11)17-9-10-4-7-13-8-5-10/h2-3,6,10,13H,4-5,7-9H2,1H3. The van der Waals surface area contributed by atoms with E-state index < -0.39 is 9.84 Å². The first-order valence-electron chi connectivity index (χ1n) is 6.06. The van der Waals surface area contributed by atoms with Crippen molar-refractivity contribution in [2.75, 3.05) is 26.0 Å². The largest absolute Gasteiger partial charge is 0.476 e. The molecule has 1 aromatic heterocycles. The number of hydrogen-bond donors (Lipinski definition) is 1. The predicted molar refractivity (Wildman–Crippen MR) is 68.4 cm³/mol. The van der Waals surface area contributed by atoms with Crippen molar-refractivity contribution in [2.24, 2.45) is 5.92 Å². The van der Waals surface area contributed by atoms with Gasteiger partial charge < -0.3 is 10.1 Å². The van der Waals surface area contributed by atoms with E-state index >= 15 is 0 Å². The molecule has 1 aliphatic rings. The summed E-state index contributed by atoms with van der Waals surface area (Å²) in [5, 5.41) is 3.28. The molecule has 0 bridgehead atoms. The van der Waals surface area contributed by atoms with Crippen molar-refractivity contribution in [3.63, 3.8) is 0 Å². The molecule has 2 rings (SSSR count). The second kappa shape index (κ2) is 5.67. The van der Waals surface area contributed by atoms with Crippen molar-refractivity contribution in [1.82, 2.24) is 10.3 Å². The van der Waals surface area contributed by atoms with Crippen LogP contribution in [-0.4, -0.2) is 39.4 Å². The monoisotopic (exact) mass is 270 g/mol. The molecule has 100 valence electrons. The molecule has 0 atom stereocenters. The van der Waals surface area contributed by atoms with Crippen LogP contribution in [0.1, 0.15) is 12.8 Å². The lowest BCUT2D eigenvalue weighted by atomic mass is 9.99. The maximum Gasteiger partial charge on any atom is 0.232 e. The summed E-state index contributed by atoms with van der Waals surface area (Å²) < 4.78 is 28.7. The van der Waals surface area contributed by atoms with E-state index in [-0.39, 0.29) is 10.8 Å². The van der Waals surface area contributed by atoms with Gasteiger partial charge in [0.2, 0.25) is 5.88 Å². The van der Waals surface area contributed by atoms with Gasteiger partial charge in [0.15, 0.2) is 9.84 Å². The fourth-order valence-electron chi connectivity index (χ4n) is 2.01. The number of aromatic nitrogens is 1. The smallest absolute Gasteiger partial charge is 0.232 e. The Morgan fingerprint density at radius 1 is 1.44 bits per heavy atom. The van der Waals surface area contributed by atoms with Gasteiger partial charge in [0, 0.05) is 12.5 Å².